The Labute approximate surface area is 171 Å². The molecule has 1 N–H and O–H groups in total. The van der Waals surface area contributed by atoms with E-state index in [1.165, 1.54) is 30.6 Å². The molecule has 5 aliphatic rings. The van der Waals surface area contributed by atoms with Gasteiger partial charge in [0.25, 0.3) is 0 Å². The van der Waals surface area contributed by atoms with Crippen LogP contribution >= 0.6 is 11.3 Å². The molecule has 7 heteroatoms. The van der Waals surface area contributed by atoms with Crippen LogP contribution in [0.15, 0.2) is 21.7 Å². The first-order valence-electron chi connectivity index (χ1n) is 10.7. The number of hydrogen-bond donors (Lipinski definition) is 1. The number of carbonyl (C=O) groups is 1. The lowest BCUT2D eigenvalue weighted by molar-refractivity contribution is -0.145. The summed E-state index contributed by atoms with van der Waals surface area (Å²) in [5.41, 5.74) is -0.0215. The molecule has 4 saturated carbocycles. The normalized spacial score (nSPS) is 36.1. The third-order valence-electron chi connectivity index (χ3n) is 7.67. The Balaban J connectivity index is 1.15. The van der Waals surface area contributed by atoms with Crippen LogP contribution in [0.2, 0.25) is 0 Å². The zero-order valence-electron chi connectivity index (χ0n) is 16.3. The van der Waals surface area contributed by atoms with Crippen molar-refractivity contribution in [3.05, 3.63) is 17.5 Å². The Morgan fingerprint density at radius 3 is 2.25 bits per heavy atom. The van der Waals surface area contributed by atoms with Crippen molar-refractivity contribution in [2.45, 2.75) is 61.6 Å². The number of hydrogen-bond acceptors (Lipinski definition) is 5. The van der Waals surface area contributed by atoms with Gasteiger partial charge in [-0.05, 0) is 80.6 Å². The smallest absolute Gasteiger partial charge is 0.250 e. The Morgan fingerprint density at radius 1 is 1.11 bits per heavy atom. The van der Waals surface area contributed by atoms with Crippen LogP contribution in [0.1, 0.15) is 51.4 Å². The van der Waals surface area contributed by atoms with Crippen molar-refractivity contribution in [1.82, 2.24) is 9.62 Å². The Hall–Kier alpha value is -0.760. The molecule has 4 bridgehead atoms. The number of rotatable bonds is 6. The van der Waals surface area contributed by atoms with Gasteiger partial charge in [-0.1, -0.05) is 6.07 Å². The predicted octanol–water partition coefficient (Wildman–Crippen LogP) is 3.28. The Bertz CT molecular complexity index is 791. The highest BCUT2D eigenvalue weighted by Gasteiger charge is 2.54. The van der Waals surface area contributed by atoms with Crippen LogP contribution in [0, 0.1) is 23.2 Å². The third kappa shape index (κ3) is 3.59. The molecule has 0 atom stereocenters. The first-order valence-corrected chi connectivity index (χ1v) is 13.1. The summed E-state index contributed by atoms with van der Waals surface area (Å²) in [7, 11) is -3.40. The van der Waals surface area contributed by atoms with E-state index in [1.54, 1.807) is 17.5 Å². The van der Waals surface area contributed by atoms with Crippen molar-refractivity contribution in [1.29, 1.82) is 0 Å². The predicted molar refractivity (Wildman–Crippen MR) is 110 cm³/mol. The van der Waals surface area contributed by atoms with Crippen LogP contribution < -0.4 is 4.72 Å². The number of thiophene rings is 1. The van der Waals surface area contributed by atoms with E-state index >= 15 is 0 Å². The summed E-state index contributed by atoms with van der Waals surface area (Å²) in [6.07, 6.45) is 9.04. The lowest BCUT2D eigenvalue weighted by Crippen LogP contribution is -2.53. The molecule has 5 nitrogen and oxygen atoms in total. The van der Waals surface area contributed by atoms with Crippen molar-refractivity contribution < 1.29 is 13.2 Å². The van der Waals surface area contributed by atoms with Gasteiger partial charge in [0, 0.05) is 24.5 Å². The largest absolute Gasteiger partial charge is 0.298 e. The maximum atomic E-state index is 13.3. The molecule has 0 radical (unpaired) electrons. The highest BCUT2D eigenvalue weighted by atomic mass is 32.2. The maximum absolute atomic E-state index is 13.3. The topological polar surface area (TPSA) is 66.5 Å². The van der Waals surface area contributed by atoms with Crippen molar-refractivity contribution in [2.24, 2.45) is 23.2 Å². The van der Waals surface area contributed by atoms with Crippen LogP contribution in [0.4, 0.5) is 0 Å². The molecule has 4 aliphatic carbocycles. The van der Waals surface area contributed by atoms with Crippen LogP contribution in [-0.2, 0) is 14.8 Å². The average Bonchev–Trinajstić information content (AvgIpc) is 3.18. The summed E-state index contributed by atoms with van der Waals surface area (Å²) in [6, 6.07) is 3.38. The van der Waals surface area contributed by atoms with Gasteiger partial charge in [-0.2, -0.15) is 0 Å². The first kappa shape index (κ1) is 19.2. The van der Waals surface area contributed by atoms with Crippen molar-refractivity contribution in [3.63, 3.8) is 0 Å². The van der Waals surface area contributed by atoms with Gasteiger partial charge in [0.2, 0.25) is 10.0 Å². The summed E-state index contributed by atoms with van der Waals surface area (Å²) in [5.74, 6) is 2.87. The fourth-order valence-electron chi connectivity index (χ4n) is 6.73. The van der Waals surface area contributed by atoms with E-state index in [1.807, 2.05) is 0 Å². The Morgan fingerprint density at radius 2 is 1.71 bits per heavy atom. The molecule has 0 spiro atoms. The van der Waals surface area contributed by atoms with E-state index in [2.05, 4.69) is 9.62 Å². The number of likely N-dealkylation sites (tertiary alicyclic amines) is 1. The van der Waals surface area contributed by atoms with E-state index in [-0.39, 0.29) is 11.5 Å². The summed E-state index contributed by atoms with van der Waals surface area (Å²) >= 11 is 1.25. The van der Waals surface area contributed by atoms with E-state index in [4.69, 9.17) is 0 Å². The molecule has 1 aliphatic heterocycles. The van der Waals surface area contributed by atoms with Crippen LogP contribution in [0.25, 0.3) is 0 Å². The van der Waals surface area contributed by atoms with Gasteiger partial charge in [-0.3, -0.25) is 9.69 Å². The summed E-state index contributed by atoms with van der Waals surface area (Å²) < 4.78 is 28.1. The summed E-state index contributed by atoms with van der Waals surface area (Å²) in [4.78, 5) is 15.5. The van der Waals surface area contributed by atoms with Gasteiger partial charge >= 0.3 is 0 Å². The van der Waals surface area contributed by atoms with Gasteiger partial charge < -0.3 is 0 Å². The molecule has 1 saturated heterocycles. The number of carbonyl (C=O) groups excluding carboxylic acids is 1. The zero-order chi connectivity index (χ0) is 19.4. The monoisotopic (exact) mass is 422 g/mol. The molecule has 0 aromatic carbocycles. The highest BCUT2D eigenvalue weighted by Crippen LogP contribution is 2.60. The van der Waals surface area contributed by atoms with Gasteiger partial charge in [-0.25, -0.2) is 13.1 Å². The standard InChI is InChI=1S/C21H30N2O3S2/c24-19(21-11-15-8-16(12-21)10-17(9-15)13-21)14-23-5-3-18(4-6-23)22-28(25,26)20-2-1-7-27-20/h1-2,7,15-18,22H,3-6,8-14H2. The van der Waals surface area contributed by atoms with E-state index in [0.29, 0.717) is 16.5 Å². The molecular weight excluding hydrogens is 392 g/mol. The van der Waals surface area contributed by atoms with Crippen LogP contribution in [-0.4, -0.2) is 44.8 Å². The van der Waals surface area contributed by atoms with Gasteiger partial charge in [-0.15, -0.1) is 11.3 Å². The Kier molecular flexibility index (Phi) is 4.93. The number of nitrogens with zero attached hydrogens (tertiary/aromatic N) is 1. The lowest BCUT2D eigenvalue weighted by atomic mass is 9.48. The molecule has 1 aromatic rings. The van der Waals surface area contributed by atoms with E-state index in [9.17, 15) is 13.2 Å². The van der Waals surface area contributed by atoms with Crippen LogP contribution in [0.3, 0.4) is 0 Å². The number of piperidine rings is 1. The van der Waals surface area contributed by atoms with Gasteiger partial charge in [0.15, 0.2) is 5.78 Å². The molecule has 154 valence electrons. The number of Topliss-reactive ketones (excluding diaryl/α,β-unsaturated/α-hetero) is 1. The second kappa shape index (κ2) is 7.18. The fourth-order valence-corrected chi connectivity index (χ4v) is 9.04. The average molecular weight is 423 g/mol. The number of ketones is 1. The zero-order valence-corrected chi connectivity index (χ0v) is 17.9. The fraction of sp³-hybridized carbons (Fsp3) is 0.762. The second-order valence-electron chi connectivity index (χ2n) is 9.72. The van der Waals surface area contributed by atoms with E-state index in [0.717, 1.165) is 62.9 Å². The first-order chi connectivity index (χ1) is 13.4. The molecular formula is C21H30N2O3S2. The number of nitrogens with one attached hydrogen (secondary N) is 1. The molecule has 6 rings (SSSR count). The number of sulfonamides is 1. The minimum atomic E-state index is -3.40. The van der Waals surface area contributed by atoms with Gasteiger partial charge in [0.1, 0.15) is 4.21 Å². The van der Waals surface area contributed by atoms with Gasteiger partial charge in [0.05, 0.1) is 6.54 Å². The lowest BCUT2D eigenvalue weighted by Gasteiger charge is -2.56. The molecule has 1 aromatic heterocycles. The van der Waals surface area contributed by atoms with Crippen LogP contribution in [0.5, 0.6) is 0 Å². The SMILES string of the molecule is O=C(CN1CCC(NS(=O)(=O)c2cccs2)CC1)C12CC3CC(CC(C3)C1)C2. The third-order valence-corrected chi connectivity index (χ3v) is 10.6. The van der Waals surface area contributed by atoms with Crippen molar-refractivity contribution >= 4 is 27.1 Å². The second-order valence-corrected chi connectivity index (χ2v) is 12.6. The molecule has 28 heavy (non-hydrogen) atoms. The summed E-state index contributed by atoms with van der Waals surface area (Å²) in [6.45, 7) is 2.17. The van der Waals surface area contributed by atoms with E-state index < -0.39 is 10.0 Å². The summed E-state index contributed by atoms with van der Waals surface area (Å²) in [5, 5.41) is 1.78. The molecule has 2 heterocycles. The minimum absolute atomic E-state index is 0.0215. The quantitative estimate of drug-likeness (QED) is 0.764. The minimum Gasteiger partial charge on any atom is -0.298 e. The molecule has 0 amide bonds. The van der Waals surface area contributed by atoms with Crippen molar-refractivity contribution in [3.8, 4) is 0 Å². The molecule has 5 fully saturated rings. The maximum Gasteiger partial charge on any atom is 0.250 e. The molecule has 0 unspecified atom stereocenters. The highest BCUT2D eigenvalue weighted by molar-refractivity contribution is 7.91. The van der Waals surface area contributed by atoms with Crippen molar-refractivity contribution in [2.75, 3.05) is 19.6 Å².